The van der Waals surface area contributed by atoms with Gasteiger partial charge in [-0.25, -0.2) is 24.0 Å². The second kappa shape index (κ2) is 42.3. The third-order valence-corrected chi connectivity index (χ3v) is 20.4. The van der Waals surface area contributed by atoms with Gasteiger partial charge in [0.05, 0.1) is 43.4 Å². The topological polar surface area (TPSA) is 383 Å². The quantitative estimate of drug-likeness (QED) is 0.00695. The van der Waals surface area contributed by atoms with Gasteiger partial charge in [0.25, 0.3) is 5.91 Å². The van der Waals surface area contributed by atoms with E-state index < -0.39 is 75.8 Å². The number of carbonyl (C=O) groups excluding carboxylic acids is 9. The zero-order valence-electron chi connectivity index (χ0n) is 69.2. The van der Waals surface area contributed by atoms with Gasteiger partial charge in [-0.2, -0.15) is 0 Å². The van der Waals surface area contributed by atoms with Crippen LogP contribution in [0.2, 0.25) is 0 Å². The molecule has 6 N–H and O–H groups in total. The van der Waals surface area contributed by atoms with E-state index in [1.54, 1.807) is 19.0 Å². The summed E-state index contributed by atoms with van der Waals surface area (Å²) in [7, 11) is 4.69. The summed E-state index contributed by atoms with van der Waals surface area (Å²) in [6.45, 7) is 18.7. The number of hydrogen-bond donors (Lipinski definition) is 6. The fourth-order valence-corrected chi connectivity index (χ4v) is 14.8. The highest BCUT2D eigenvalue weighted by atomic mass is 16.6. The third-order valence-electron chi connectivity index (χ3n) is 20.4. The van der Waals surface area contributed by atoms with Crippen LogP contribution in [0.1, 0.15) is 247 Å². The average Bonchev–Trinajstić information content (AvgIpc) is 0.904. The summed E-state index contributed by atoms with van der Waals surface area (Å²) in [6, 6.07) is 20.5. The number of nitrogens with one attached hydrogen (secondary N) is 6. The van der Waals surface area contributed by atoms with Crippen LogP contribution in [0.3, 0.4) is 0 Å². The lowest BCUT2D eigenvalue weighted by Crippen LogP contribution is -2.47. The average molecular weight is 1590 g/mol. The maximum Gasteiger partial charge on any atom is 0.422 e. The number of aryl methyl sites for hydroxylation is 1. The van der Waals surface area contributed by atoms with Crippen LogP contribution in [0.15, 0.2) is 91.9 Å². The highest BCUT2D eigenvalue weighted by Crippen LogP contribution is 2.62. The van der Waals surface area contributed by atoms with Crippen molar-refractivity contribution in [2.45, 2.75) is 237 Å². The maximum atomic E-state index is 14.8. The molecule has 4 aromatic carbocycles. The van der Waals surface area contributed by atoms with Crippen LogP contribution < -0.4 is 43.3 Å². The number of fused-ring (bicyclic) bond motifs is 1. The van der Waals surface area contributed by atoms with Gasteiger partial charge in [-0.15, -0.1) is 0 Å². The van der Waals surface area contributed by atoms with Gasteiger partial charge in [-0.1, -0.05) is 81.1 Å². The molecule has 1 saturated heterocycles. The van der Waals surface area contributed by atoms with Gasteiger partial charge in [-0.3, -0.25) is 33.3 Å². The number of likely N-dealkylation sites (tertiary alicyclic amines) is 1. The Labute approximate surface area is 673 Å². The Bertz CT molecular complexity index is 4150. The van der Waals surface area contributed by atoms with Crippen LogP contribution in [-0.2, 0) is 60.1 Å². The molecule has 2 atom stereocenters. The molecule has 9 amide bonds. The van der Waals surface area contributed by atoms with Gasteiger partial charge in [0.2, 0.25) is 29.5 Å². The first-order valence-corrected chi connectivity index (χ1v) is 40.5. The van der Waals surface area contributed by atoms with Gasteiger partial charge in [0.15, 0.2) is 0 Å². The lowest BCUT2D eigenvalue weighted by atomic mass is 9.51. The van der Waals surface area contributed by atoms with Gasteiger partial charge < -0.3 is 74.7 Å². The zero-order chi connectivity index (χ0) is 83.6. The van der Waals surface area contributed by atoms with Crippen molar-refractivity contribution >= 4 is 81.7 Å². The number of anilines is 3. The number of ether oxygens (including phenoxy) is 5. The number of amides is 9. The van der Waals surface area contributed by atoms with Crippen molar-refractivity contribution in [3.63, 3.8) is 0 Å². The van der Waals surface area contributed by atoms with Gasteiger partial charge in [0.1, 0.15) is 22.8 Å². The molecule has 115 heavy (non-hydrogen) atoms. The molecule has 1 aliphatic heterocycles. The van der Waals surface area contributed by atoms with Crippen molar-refractivity contribution < 1.29 is 71.3 Å². The second-order valence-corrected chi connectivity index (χ2v) is 33.0. The Morgan fingerprint density at radius 2 is 0.948 bits per heavy atom. The molecular weight excluding hydrogens is 1480 g/mol. The molecule has 2 heterocycles. The Morgan fingerprint density at radius 1 is 0.539 bits per heavy atom. The number of unbranched alkanes of at least 4 members (excludes halogenated alkanes) is 12. The number of alkyl carbamates (subject to hydrolysis) is 3. The fraction of sp³-hybridized carbons (Fsp3) is 0.588. The third kappa shape index (κ3) is 26.9. The van der Waals surface area contributed by atoms with E-state index in [0.29, 0.717) is 56.0 Å². The smallest absolute Gasteiger partial charge is 0.422 e. The molecule has 1 fully saturated rings. The predicted octanol–water partition coefficient (Wildman–Crippen LogP) is 13.4. The first-order chi connectivity index (χ1) is 54.6. The highest BCUT2D eigenvalue weighted by molar-refractivity contribution is 6.01. The normalized spacial score (nSPS) is 15.9. The molecule has 5 aromatic rings. The van der Waals surface area contributed by atoms with Crippen LogP contribution in [0.5, 0.6) is 0 Å². The predicted molar refractivity (Wildman–Crippen MR) is 438 cm³/mol. The van der Waals surface area contributed by atoms with E-state index in [-0.39, 0.29) is 131 Å². The van der Waals surface area contributed by atoms with E-state index in [4.69, 9.17) is 28.1 Å². The van der Waals surface area contributed by atoms with Crippen molar-refractivity contribution in [3.8, 4) is 0 Å². The summed E-state index contributed by atoms with van der Waals surface area (Å²) in [4.78, 5) is 153. The van der Waals surface area contributed by atoms with Crippen LogP contribution in [-0.4, -0.2) is 182 Å². The van der Waals surface area contributed by atoms with E-state index in [1.165, 1.54) is 35.0 Å². The van der Waals surface area contributed by atoms with Crippen LogP contribution >= 0.6 is 0 Å². The second-order valence-electron chi connectivity index (χ2n) is 33.0. The Kier molecular flexibility index (Phi) is 33.2. The molecule has 2 bridgehead atoms. The number of benzene rings is 4. The van der Waals surface area contributed by atoms with Crippen molar-refractivity contribution in [3.05, 3.63) is 143 Å². The van der Waals surface area contributed by atoms with Crippen molar-refractivity contribution in [2.75, 3.05) is 95.7 Å². The number of carbonyl (C=O) groups is 9. The molecule has 0 saturated carbocycles. The summed E-state index contributed by atoms with van der Waals surface area (Å²) in [6.07, 6.45) is 11.8. The van der Waals surface area contributed by atoms with E-state index in [0.717, 1.165) is 115 Å². The van der Waals surface area contributed by atoms with Crippen LogP contribution in [0.4, 0.5) is 31.4 Å². The Morgan fingerprint density at radius 3 is 1.37 bits per heavy atom. The molecule has 1 unspecified atom stereocenters. The summed E-state index contributed by atoms with van der Waals surface area (Å²) in [5, 5.41) is 21.9. The molecule has 3 aliphatic carbocycles. The maximum absolute atomic E-state index is 14.8. The SMILES string of the molecule is CN(CCOCCOCCN(C)C(=O)[C@@H]1CC(N=[N+]=[N-])CN1C(=O)c1ccc2c(=O)oc(=O)n(C)c2c1)C(=O)CCC12c3cc(NC(=O)CCCCCCCNC(=O)OC(C)(C)C)ccc3C(c3ccc(NC(=O)CCCCCCCNC(=O)OC(C)(C)C)cc31)c1ccc(NC(=O)CCCCCCCNC(=O)OC(C)(C)C)cc12. The van der Waals surface area contributed by atoms with E-state index in [2.05, 4.69) is 60.1 Å². The standard InChI is InChI=1S/C85H119N13O17/c1-82(2,3)113-78(106)87-41-25-19-13-16-22-28-70(99)90-57-32-36-61-65(51-57)85(40-39-73(102)95(10)44-46-110-48-49-111-47-45-96(11)76(104)69-54-60(93-94-86)55-98(69)75(103)56-31-35-64-68(50-56)97(12)81(109)112-77(64)105)66-52-58(91-71(100)29-23-17-14-20-26-42-88-79(107)114-83(4,5)6)33-37-62(66)74(61)63-38-34-59(53-67(63)85)92-72(101)30-24-18-15-21-27-43-89-80(108)115-84(7,8)9/h31-38,50-53,60,69,74H,13-30,39-49,54-55H2,1-12H3,(H,87,106)(H,88,107)(H,89,108)(H,90,99)(H,91,100)(H,92,101)/t60?,69-,74?,85?/m0/s1. The molecule has 1 aromatic heterocycles. The van der Waals surface area contributed by atoms with Crippen molar-refractivity contribution in [1.29, 1.82) is 0 Å². The highest BCUT2D eigenvalue weighted by Gasteiger charge is 2.52. The zero-order valence-corrected chi connectivity index (χ0v) is 69.2. The molecular formula is C85H119N13O17. The summed E-state index contributed by atoms with van der Waals surface area (Å²) in [5.74, 6) is -2.83. The molecule has 0 spiro atoms. The fourth-order valence-electron chi connectivity index (χ4n) is 14.8. The molecule has 626 valence electrons. The van der Waals surface area contributed by atoms with Gasteiger partial charge >= 0.3 is 29.7 Å². The number of azide groups is 1. The number of hydrogen-bond acceptors (Lipinski definition) is 18. The monoisotopic (exact) mass is 1590 g/mol. The minimum absolute atomic E-state index is 0.0363. The molecule has 30 heteroatoms. The summed E-state index contributed by atoms with van der Waals surface area (Å²) >= 11 is 0. The van der Waals surface area contributed by atoms with Crippen LogP contribution in [0.25, 0.3) is 21.3 Å². The minimum atomic E-state index is -1.08. The first-order valence-electron chi connectivity index (χ1n) is 40.5. The number of rotatable bonds is 42. The minimum Gasteiger partial charge on any atom is -0.444 e. The van der Waals surface area contributed by atoms with Crippen LogP contribution in [0, 0.1) is 0 Å². The van der Waals surface area contributed by atoms with E-state index >= 15 is 0 Å². The van der Waals surface area contributed by atoms with E-state index in [9.17, 15) is 58.3 Å². The Hall–Kier alpha value is -10.3. The van der Waals surface area contributed by atoms with Gasteiger partial charge in [-0.05, 0) is 207 Å². The summed E-state index contributed by atoms with van der Waals surface area (Å²) < 4.78 is 33.8. The van der Waals surface area contributed by atoms with Crippen molar-refractivity contribution in [1.82, 2.24) is 35.2 Å². The molecule has 30 nitrogen and oxygen atoms in total. The van der Waals surface area contributed by atoms with Crippen molar-refractivity contribution in [2.24, 2.45) is 12.2 Å². The lowest BCUT2D eigenvalue weighted by molar-refractivity contribution is -0.135. The molecule has 9 rings (SSSR count). The molecule has 0 radical (unpaired) electrons. The number of aromatic nitrogens is 1. The number of likely N-dealkylation sites (N-methyl/N-ethyl adjacent to an activating group) is 2. The number of nitrogens with zero attached hydrogens (tertiary/aromatic N) is 7. The molecule has 4 aliphatic rings. The lowest BCUT2D eigenvalue weighted by Gasteiger charge is -2.51. The largest absolute Gasteiger partial charge is 0.444 e. The Balaban J connectivity index is 0.948. The first kappa shape index (κ1) is 90.2. The van der Waals surface area contributed by atoms with Gasteiger partial charge in [0, 0.05) is 125 Å². The summed E-state index contributed by atoms with van der Waals surface area (Å²) in [5.41, 5.74) is 13.2. The van der Waals surface area contributed by atoms with E-state index in [1.807, 2.05) is 98.7 Å².